The number of carbonyl (C=O) groups is 1. The number of para-hydroxylation sites is 1. The van der Waals surface area contributed by atoms with Crippen LogP contribution >= 0.6 is 23.2 Å². The van der Waals surface area contributed by atoms with Crippen LogP contribution in [0.4, 0.5) is 11.5 Å². The van der Waals surface area contributed by atoms with Gasteiger partial charge in [-0.3, -0.25) is 24.0 Å². The minimum atomic E-state index is -0.780. The van der Waals surface area contributed by atoms with Crippen LogP contribution in [0.1, 0.15) is 13.8 Å². The molecule has 30 heavy (non-hydrogen) atoms. The van der Waals surface area contributed by atoms with Gasteiger partial charge in [-0.05, 0) is 18.1 Å². The number of nitrogen functional groups attached to an aromatic ring is 1. The first kappa shape index (κ1) is 23.8. The number of amides is 1. The molecule has 0 aliphatic heterocycles. The summed E-state index contributed by atoms with van der Waals surface area (Å²) in [5, 5.41) is 0.475. The molecule has 0 unspecified atom stereocenters. The minimum Gasteiger partial charge on any atom is -0.481 e. The highest BCUT2D eigenvalue weighted by Gasteiger charge is 2.25. The molecule has 1 amide bonds. The van der Waals surface area contributed by atoms with Crippen LogP contribution in [0.3, 0.4) is 0 Å². The third kappa shape index (κ3) is 5.56. The van der Waals surface area contributed by atoms with E-state index >= 15 is 0 Å². The lowest BCUT2D eigenvalue weighted by atomic mass is 10.2. The van der Waals surface area contributed by atoms with Gasteiger partial charge in [-0.1, -0.05) is 43.1 Å². The van der Waals surface area contributed by atoms with Crippen LogP contribution in [-0.4, -0.2) is 42.3 Å². The molecule has 0 fully saturated rings. The molecule has 0 aliphatic rings. The van der Waals surface area contributed by atoms with E-state index in [1.807, 2.05) is 13.8 Å². The van der Waals surface area contributed by atoms with Gasteiger partial charge in [0.15, 0.2) is 18.0 Å². The monoisotopic (exact) mass is 458 g/mol. The lowest BCUT2D eigenvalue weighted by molar-refractivity contribution is -0.120. The van der Waals surface area contributed by atoms with Crippen LogP contribution in [0, 0.1) is 5.92 Å². The molecule has 9 nitrogen and oxygen atoms in total. The van der Waals surface area contributed by atoms with Crippen molar-refractivity contribution in [2.24, 2.45) is 5.92 Å². The quantitative estimate of drug-likeness (QED) is 0.593. The summed E-state index contributed by atoms with van der Waals surface area (Å²) in [6.07, 6.45) is 0. The van der Waals surface area contributed by atoms with Crippen LogP contribution in [0.2, 0.25) is 10.0 Å². The van der Waals surface area contributed by atoms with E-state index in [2.05, 4.69) is 4.98 Å². The fourth-order valence-electron chi connectivity index (χ4n) is 2.76. The van der Waals surface area contributed by atoms with Crippen molar-refractivity contribution in [2.75, 3.05) is 37.5 Å². The summed E-state index contributed by atoms with van der Waals surface area (Å²) in [4.78, 5) is 41.0. The number of nitrogens with one attached hydrogen (secondary N) is 1. The van der Waals surface area contributed by atoms with E-state index in [0.717, 1.165) is 4.90 Å². The molecular weight excluding hydrogens is 435 g/mol. The summed E-state index contributed by atoms with van der Waals surface area (Å²) in [6.45, 7) is 3.74. The molecular formula is C19H24Cl2N4O5. The van der Waals surface area contributed by atoms with Gasteiger partial charge in [-0.25, -0.2) is 4.79 Å². The Balaban J connectivity index is 2.41. The molecule has 2 rings (SSSR count). The van der Waals surface area contributed by atoms with Gasteiger partial charge in [-0.15, -0.1) is 0 Å². The number of carbonyl (C=O) groups excluding carboxylic acids is 1. The lowest BCUT2D eigenvalue weighted by Gasteiger charge is -2.25. The van der Waals surface area contributed by atoms with E-state index in [0.29, 0.717) is 0 Å². The van der Waals surface area contributed by atoms with Crippen molar-refractivity contribution in [2.45, 2.75) is 20.4 Å². The van der Waals surface area contributed by atoms with Crippen molar-refractivity contribution in [3.8, 4) is 5.75 Å². The SMILES string of the molecule is COCCN(C(=O)COc1c(Cl)cccc1Cl)c1c(N)n(CC(C)C)c(=O)[nH]c1=O. The topological polar surface area (TPSA) is 120 Å². The zero-order valence-electron chi connectivity index (χ0n) is 16.9. The van der Waals surface area contributed by atoms with E-state index < -0.39 is 23.8 Å². The van der Waals surface area contributed by atoms with Gasteiger partial charge < -0.3 is 15.2 Å². The number of ether oxygens (including phenoxy) is 2. The molecule has 0 bridgehead atoms. The van der Waals surface area contributed by atoms with E-state index in [1.54, 1.807) is 18.2 Å². The highest BCUT2D eigenvalue weighted by Crippen LogP contribution is 2.32. The number of hydrogen-bond donors (Lipinski definition) is 2. The molecule has 2 aromatic rings. The van der Waals surface area contributed by atoms with Crippen molar-refractivity contribution in [3.05, 3.63) is 49.1 Å². The molecule has 0 radical (unpaired) electrons. The molecule has 164 valence electrons. The Labute approximate surface area is 183 Å². The number of H-pyrrole nitrogens is 1. The summed E-state index contributed by atoms with van der Waals surface area (Å²) in [5.41, 5.74) is 4.55. The number of halogens is 2. The molecule has 11 heteroatoms. The Morgan fingerprint density at radius 1 is 1.27 bits per heavy atom. The van der Waals surface area contributed by atoms with Gasteiger partial charge in [0, 0.05) is 20.2 Å². The number of anilines is 2. The largest absolute Gasteiger partial charge is 0.481 e. The number of methoxy groups -OCH3 is 1. The van der Waals surface area contributed by atoms with Gasteiger partial charge in [0.2, 0.25) is 0 Å². The van der Waals surface area contributed by atoms with Crippen molar-refractivity contribution in [1.82, 2.24) is 9.55 Å². The normalized spacial score (nSPS) is 11.0. The zero-order valence-corrected chi connectivity index (χ0v) is 18.4. The molecule has 0 atom stereocenters. The molecule has 1 aromatic carbocycles. The predicted molar refractivity (Wildman–Crippen MR) is 117 cm³/mol. The standard InChI is InChI=1S/C19H24Cl2N4O5/c1-11(2)9-25-17(22)15(18(27)23-19(25)28)24(7-8-29-3)14(26)10-30-16-12(20)5-4-6-13(16)21/h4-6,11H,7-10,22H2,1-3H3,(H,23,27,28). The van der Waals surface area contributed by atoms with Crippen molar-refractivity contribution in [1.29, 1.82) is 0 Å². The number of nitrogens with two attached hydrogens (primary N) is 1. The maximum absolute atomic E-state index is 12.9. The van der Waals surface area contributed by atoms with Gasteiger partial charge in [-0.2, -0.15) is 0 Å². The maximum Gasteiger partial charge on any atom is 0.330 e. The Morgan fingerprint density at radius 2 is 1.90 bits per heavy atom. The molecule has 0 aliphatic carbocycles. The second kappa shape index (κ2) is 10.5. The third-order valence-corrected chi connectivity index (χ3v) is 4.71. The van der Waals surface area contributed by atoms with E-state index in [4.69, 9.17) is 38.4 Å². The first-order valence-corrected chi connectivity index (χ1v) is 9.91. The number of benzene rings is 1. The summed E-state index contributed by atoms with van der Waals surface area (Å²) >= 11 is 12.1. The van der Waals surface area contributed by atoms with Gasteiger partial charge in [0.05, 0.1) is 16.7 Å². The summed E-state index contributed by atoms with van der Waals surface area (Å²) in [6, 6.07) is 4.78. The van der Waals surface area contributed by atoms with Crippen LogP contribution in [0.25, 0.3) is 0 Å². The van der Waals surface area contributed by atoms with Gasteiger partial charge in [0.25, 0.3) is 11.5 Å². The summed E-state index contributed by atoms with van der Waals surface area (Å²) in [5.74, 6) is -0.474. The zero-order chi connectivity index (χ0) is 22.4. The number of rotatable bonds is 9. The smallest absolute Gasteiger partial charge is 0.330 e. The second-order valence-electron chi connectivity index (χ2n) is 6.88. The molecule has 0 saturated carbocycles. The Hall–Kier alpha value is -2.49. The lowest BCUT2D eigenvalue weighted by Crippen LogP contribution is -2.44. The first-order chi connectivity index (χ1) is 14.2. The third-order valence-electron chi connectivity index (χ3n) is 4.11. The predicted octanol–water partition coefficient (Wildman–Crippen LogP) is 2.14. The highest BCUT2D eigenvalue weighted by molar-refractivity contribution is 6.37. The van der Waals surface area contributed by atoms with E-state index in [1.165, 1.54) is 11.7 Å². The molecule has 3 N–H and O–H groups in total. The van der Waals surface area contributed by atoms with Crippen molar-refractivity contribution < 1.29 is 14.3 Å². The molecule has 1 heterocycles. The van der Waals surface area contributed by atoms with E-state index in [-0.39, 0.29) is 52.9 Å². The Bertz CT molecular complexity index is 999. The highest BCUT2D eigenvalue weighted by atomic mass is 35.5. The summed E-state index contributed by atoms with van der Waals surface area (Å²) in [7, 11) is 1.45. The van der Waals surface area contributed by atoms with Crippen molar-refractivity contribution in [3.63, 3.8) is 0 Å². The number of hydrogen-bond acceptors (Lipinski definition) is 6. The van der Waals surface area contributed by atoms with Crippen LogP contribution < -0.4 is 26.6 Å². The second-order valence-corrected chi connectivity index (χ2v) is 7.69. The Kier molecular flexibility index (Phi) is 8.33. The molecule has 1 aromatic heterocycles. The number of aromatic nitrogens is 2. The maximum atomic E-state index is 12.9. The number of aromatic amines is 1. The van der Waals surface area contributed by atoms with Crippen LogP contribution in [0.15, 0.2) is 27.8 Å². The fraction of sp³-hybridized carbons (Fsp3) is 0.421. The van der Waals surface area contributed by atoms with Gasteiger partial charge in [0.1, 0.15) is 5.82 Å². The van der Waals surface area contributed by atoms with Crippen LogP contribution in [-0.2, 0) is 16.1 Å². The first-order valence-electron chi connectivity index (χ1n) is 9.16. The van der Waals surface area contributed by atoms with Gasteiger partial charge >= 0.3 is 5.69 Å². The fourth-order valence-corrected chi connectivity index (χ4v) is 3.27. The van der Waals surface area contributed by atoms with E-state index in [9.17, 15) is 14.4 Å². The Morgan fingerprint density at radius 3 is 2.47 bits per heavy atom. The summed E-state index contributed by atoms with van der Waals surface area (Å²) < 4.78 is 11.8. The molecule has 0 spiro atoms. The average molecular weight is 459 g/mol. The van der Waals surface area contributed by atoms with Crippen LogP contribution in [0.5, 0.6) is 5.75 Å². The number of nitrogens with zero attached hydrogens (tertiary/aromatic N) is 2. The molecule has 0 saturated heterocycles. The minimum absolute atomic E-state index is 0.0160. The van der Waals surface area contributed by atoms with Crippen molar-refractivity contribution >= 4 is 40.6 Å². The average Bonchev–Trinajstić information content (AvgIpc) is 2.66.